The van der Waals surface area contributed by atoms with E-state index in [1.807, 2.05) is 6.07 Å². The second kappa shape index (κ2) is 6.77. The lowest BCUT2D eigenvalue weighted by atomic mass is 9.90. The van der Waals surface area contributed by atoms with E-state index >= 15 is 0 Å². The average molecular weight is 250 g/mol. The molecule has 0 amide bonds. The van der Waals surface area contributed by atoms with Crippen molar-refractivity contribution in [3.8, 4) is 5.75 Å². The van der Waals surface area contributed by atoms with E-state index in [1.54, 1.807) is 6.07 Å². The zero-order valence-electron chi connectivity index (χ0n) is 11.3. The molecule has 1 aromatic rings. The van der Waals surface area contributed by atoms with Crippen LogP contribution in [0.4, 0.5) is 4.39 Å². The molecule has 1 aliphatic carbocycles. The molecule has 100 valence electrons. The van der Waals surface area contributed by atoms with Crippen molar-refractivity contribution >= 4 is 0 Å². The van der Waals surface area contributed by atoms with Crippen LogP contribution in [0.2, 0.25) is 0 Å². The molecular formula is C16H23FO. The van der Waals surface area contributed by atoms with E-state index in [-0.39, 0.29) is 5.82 Å². The highest BCUT2D eigenvalue weighted by atomic mass is 19.1. The number of ether oxygens (including phenoxy) is 1. The van der Waals surface area contributed by atoms with Gasteiger partial charge in [-0.1, -0.05) is 32.6 Å². The first kappa shape index (κ1) is 13.4. The number of aryl methyl sites for hydroxylation is 1. The van der Waals surface area contributed by atoms with Crippen LogP contribution in [0.15, 0.2) is 18.2 Å². The van der Waals surface area contributed by atoms with Crippen molar-refractivity contribution in [3.05, 3.63) is 29.6 Å². The predicted molar refractivity (Wildman–Crippen MR) is 72.5 cm³/mol. The molecule has 18 heavy (non-hydrogen) atoms. The Balaban J connectivity index is 1.91. The first-order chi connectivity index (χ1) is 8.78. The van der Waals surface area contributed by atoms with Crippen LogP contribution in [-0.2, 0) is 6.42 Å². The van der Waals surface area contributed by atoms with Crippen molar-refractivity contribution in [1.29, 1.82) is 0 Å². The summed E-state index contributed by atoms with van der Waals surface area (Å²) in [6.07, 6.45) is 8.46. The Labute approximate surface area is 109 Å². The van der Waals surface area contributed by atoms with Gasteiger partial charge in [0.05, 0.1) is 6.61 Å². The molecule has 0 aromatic heterocycles. The molecule has 0 atom stereocenters. The summed E-state index contributed by atoms with van der Waals surface area (Å²) in [7, 11) is 0. The van der Waals surface area contributed by atoms with Gasteiger partial charge in [-0.05, 0) is 42.9 Å². The molecule has 1 aromatic carbocycles. The predicted octanol–water partition coefficient (Wildman–Crippen LogP) is 4.74. The van der Waals surface area contributed by atoms with E-state index < -0.39 is 0 Å². The third-order valence-corrected chi connectivity index (χ3v) is 3.68. The molecule has 0 aliphatic heterocycles. The van der Waals surface area contributed by atoms with Crippen molar-refractivity contribution in [2.45, 2.75) is 51.9 Å². The second-order valence-corrected chi connectivity index (χ2v) is 5.36. The van der Waals surface area contributed by atoms with Crippen LogP contribution >= 0.6 is 0 Å². The van der Waals surface area contributed by atoms with E-state index in [2.05, 4.69) is 6.92 Å². The lowest BCUT2D eigenvalue weighted by molar-refractivity contribution is 0.208. The van der Waals surface area contributed by atoms with Crippen molar-refractivity contribution in [1.82, 2.24) is 0 Å². The topological polar surface area (TPSA) is 9.23 Å². The molecule has 0 heterocycles. The number of rotatable bonds is 5. The standard InChI is InChI=1S/C16H23FO/c1-2-6-14-9-15(17)11-16(10-14)18-12-13-7-4-3-5-8-13/h9-11,13H,2-8,12H2,1H3. The maximum Gasteiger partial charge on any atom is 0.127 e. The van der Waals surface area contributed by atoms with Crippen LogP contribution in [0.1, 0.15) is 51.0 Å². The summed E-state index contributed by atoms with van der Waals surface area (Å²) in [4.78, 5) is 0. The molecule has 0 saturated heterocycles. The SMILES string of the molecule is CCCc1cc(F)cc(OCC2CCCCC2)c1. The normalized spacial score (nSPS) is 16.8. The van der Waals surface area contributed by atoms with Crippen LogP contribution < -0.4 is 4.74 Å². The van der Waals surface area contributed by atoms with E-state index in [1.165, 1.54) is 38.2 Å². The largest absolute Gasteiger partial charge is 0.493 e. The Kier molecular flexibility index (Phi) is 5.03. The van der Waals surface area contributed by atoms with Crippen LogP contribution in [0.25, 0.3) is 0 Å². The minimum Gasteiger partial charge on any atom is -0.493 e. The molecule has 0 radical (unpaired) electrons. The van der Waals surface area contributed by atoms with Gasteiger partial charge < -0.3 is 4.74 Å². The van der Waals surface area contributed by atoms with Gasteiger partial charge >= 0.3 is 0 Å². The van der Waals surface area contributed by atoms with E-state index in [9.17, 15) is 4.39 Å². The molecule has 1 nitrogen and oxygen atoms in total. The first-order valence-electron chi connectivity index (χ1n) is 7.20. The van der Waals surface area contributed by atoms with Gasteiger partial charge in [0, 0.05) is 6.07 Å². The van der Waals surface area contributed by atoms with Crippen molar-refractivity contribution in [2.75, 3.05) is 6.61 Å². The molecule has 0 unspecified atom stereocenters. The van der Waals surface area contributed by atoms with Crippen molar-refractivity contribution < 1.29 is 9.13 Å². The highest BCUT2D eigenvalue weighted by Gasteiger charge is 2.14. The summed E-state index contributed by atoms with van der Waals surface area (Å²) < 4.78 is 19.2. The summed E-state index contributed by atoms with van der Waals surface area (Å²) in [6, 6.07) is 5.09. The van der Waals surface area contributed by atoms with Gasteiger partial charge in [-0.3, -0.25) is 0 Å². The first-order valence-corrected chi connectivity index (χ1v) is 7.20. The van der Waals surface area contributed by atoms with E-state index in [0.717, 1.165) is 25.0 Å². The summed E-state index contributed by atoms with van der Waals surface area (Å²) in [5, 5.41) is 0. The van der Waals surface area contributed by atoms with Crippen LogP contribution in [-0.4, -0.2) is 6.61 Å². The number of benzene rings is 1. The van der Waals surface area contributed by atoms with Crippen molar-refractivity contribution in [3.63, 3.8) is 0 Å². The molecule has 2 rings (SSSR count). The van der Waals surface area contributed by atoms with Crippen LogP contribution in [0.5, 0.6) is 5.75 Å². The summed E-state index contributed by atoms with van der Waals surface area (Å²) >= 11 is 0. The lowest BCUT2D eigenvalue weighted by Gasteiger charge is -2.21. The minimum absolute atomic E-state index is 0.181. The molecule has 0 spiro atoms. The van der Waals surface area contributed by atoms with E-state index in [4.69, 9.17) is 4.74 Å². The second-order valence-electron chi connectivity index (χ2n) is 5.36. The molecule has 0 bridgehead atoms. The third kappa shape index (κ3) is 4.01. The highest BCUT2D eigenvalue weighted by Crippen LogP contribution is 2.25. The van der Waals surface area contributed by atoms with Gasteiger partial charge in [-0.15, -0.1) is 0 Å². The summed E-state index contributed by atoms with van der Waals surface area (Å²) in [6.45, 7) is 2.85. The molecular weight excluding hydrogens is 227 g/mol. The fourth-order valence-corrected chi connectivity index (χ4v) is 2.70. The molecule has 2 heteroatoms. The van der Waals surface area contributed by atoms with Gasteiger partial charge in [0.15, 0.2) is 0 Å². The van der Waals surface area contributed by atoms with Gasteiger partial charge in [0.25, 0.3) is 0 Å². The summed E-state index contributed by atoms with van der Waals surface area (Å²) in [5.41, 5.74) is 1.04. The number of halogens is 1. The average Bonchev–Trinajstić information content (AvgIpc) is 2.37. The Morgan fingerprint density at radius 2 is 1.94 bits per heavy atom. The van der Waals surface area contributed by atoms with E-state index in [0.29, 0.717) is 11.7 Å². The smallest absolute Gasteiger partial charge is 0.127 e. The minimum atomic E-state index is -0.181. The highest BCUT2D eigenvalue weighted by molar-refractivity contribution is 5.29. The number of hydrogen-bond acceptors (Lipinski definition) is 1. The van der Waals surface area contributed by atoms with Gasteiger partial charge in [0.2, 0.25) is 0 Å². The fourth-order valence-electron chi connectivity index (χ4n) is 2.70. The Morgan fingerprint density at radius 1 is 1.17 bits per heavy atom. The fraction of sp³-hybridized carbons (Fsp3) is 0.625. The van der Waals surface area contributed by atoms with Gasteiger partial charge in [-0.2, -0.15) is 0 Å². The zero-order chi connectivity index (χ0) is 12.8. The molecule has 0 N–H and O–H groups in total. The lowest BCUT2D eigenvalue weighted by Crippen LogP contribution is -2.15. The zero-order valence-corrected chi connectivity index (χ0v) is 11.3. The quantitative estimate of drug-likeness (QED) is 0.733. The van der Waals surface area contributed by atoms with Crippen LogP contribution in [0, 0.1) is 11.7 Å². The maximum atomic E-state index is 13.4. The Morgan fingerprint density at radius 3 is 2.67 bits per heavy atom. The Bertz CT molecular complexity index is 369. The molecule has 1 saturated carbocycles. The van der Waals surface area contributed by atoms with Gasteiger partial charge in [-0.25, -0.2) is 4.39 Å². The van der Waals surface area contributed by atoms with Crippen molar-refractivity contribution in [2.24, 2.45) is 5.92 Å². The Hall–Kier alpha value is -1.05. The van der Waals surface area contributed by atoms with Crippen LogP contribution in [0.3, 0.4) is 0 Å². The molecule has 1 aliphatic rings. The maximum absolute atomic E-state index is 13.4. The number of hydrogen-bond donors (Lipinski definition) is 0. The summed E-state index contributed by atoms with van der Waals surface area (Å²) in [5.74, 6) is 1.18. The third-order valence-electron chi connectivity index (χ3n) is 3.68. The van der Waals surface area contributed by atoms with Gasteiger partial charge in [0.1, 0.15) is 11.6 Å². The monoisotopic (exact) mass is 250 g/mol. The molecule has 1 fully saturated rings.